The highest BCUT2D eigenvalue weighted by Crippen LogP contribution is 2.35. The van der Waals surface area contributed by atoms with Crippen LogP contribution in [0.5, 0.6) is 5.75 Å². The second kappa shape index (κ2) is 9.93. The molecule has 3 amide bonds. The number of amides is 3. The molecular weight excluding hydrogens is 544 g/mol. The molecule has 2 aromatic rings. The Morgan fingerprint density at radius 1 is 1.12 bits per heavy atom. The van der Waals surface area contributed by atoms with E-state index in [9.17, 15) is 22.8 Å². The summed E-state index contributed by atoms with van der Waals surface area (Å²) >= 11 is 4.03. The fraction of sp³-hybridized carbons (Fsp3) is 0.261. The lowest BCUT2D eigenvalue weighted by atomic mass is 10.2. The van der Waals surface area contributed by atoms with Crippen LogP contribution in [0.2, 0.25) is 0 Å². The van der Waals surface area contributed by atoms with Crippen molar-refractivity contribution in [1.29, 1.82) is 0 Å². The Labute approximate surface area is 210 Å². The zero-order chi connectivity index (χ0) is 24.5. The van der Waals surface area contributed by atoms with Gasteiger partial charge in [0.15, 0.2) is 0 Å². The fourth-order valence-electron chi connectivity index (χ4n) is 3.56. The summed E-state index contributed by atoms with van der Waals surface area (Å²) in [7, 11) is -4.12. The molecular formula is C23H21BrN2O6S2. The van der Waals surface area contributed by atoms with Crippen molar-refractivity contribution in [3.05, 3.63) is 63.0 Å². The minimum atomic E-state index is -4.12. The minimum absolute atomic E-state index is 0.00344. The highest BCUT2D eigenvalue weighted by molar-refractivity contribution is 9.10. The van der Waals surface area contributed by atoms with Crippen LogP contribution in [0.4, 0.5) is 4.79 Å². The molecule has 2 heterocycles. The van der Waals surface area contributed by atoms with Crippen LogP contribution in [-0.2, 0) is 19.7 Å². The average molecular weight is 565 g/mol. The third-order valence-electron chi connectivity index (χ3n) is 5.39. The van der Waals surface area contributed by atoms with E-state index in [1.807, 2.05) is 6.92 Å². The summed E-state index contributed by atoms with van der Waals surface area (Å²) in [6, 6.07) is 10.9. The number of likely N-dealkylation sites (tertiary alicyclic amines) is 1. The van der Waals surface area contributed by atoms with Gasteiger partial charge in [0.05, 0.1) is 4.91 Å². The summed E-state index contributed by atoms with van der Waals surface area (Å²) in [5.41, 5.74) is 1.20. The number of halogens is 1. The van der Waals surface area contributed by atoms with Crippen molar-refractivity contribution in [2.75, 3.05) is 19.6 Å². The Morgan fingerprint density at radius 3 is 2.47 bits per heavy atom. The summed E-state index contributed by atoms with van der Waals surface area (Å²) < 4.78 is 31.5. The van der Waals surface area contributed by atoms with Crippen LogP contribution >= 0.6 is 27.7 Å². The zero-order valence-electron chi connectivity index (χ0n) is 18.2. The average Bonchev–Trinajstić information content (AvgIpc) is 3.41. The first kappa shape index (κ1) is 24.5. The summed E-state index contributed by atoms with van der Waals surface area (Å²) in [5.74, 6) is -0.865. The predicted octanol–water partition coefficient (Wildman–Crippen LogP) is 4.18. The first-order valence-corrected chi connectivity index (χ1v) is 13.5. The molecule has 34 heavy (non-hydrogen) atoms. The van der Waals surface area contributed by atoms with E-state index >= 15 is 0 Å². The number of carbonyl (C=O) groups is 3. The molecule has 0 aromatic heterocycles. The van der Waals surface area contributed by atoms with Gasteiger partial charge < -0.3 is 9.08 Å². The van der Waals surface area contributed by atoms with Crippen LogP contribution in [0.3, 0.4) is 0 Å². The molecule has 0 unspecified atom stereocenters. The SMILES string of the molecule is Cc1ccc(S(=O)(=O)Oc2ccc(Br)cc2/C=C2\SC(=O)N(CC(=O)N3CCCC3)C2=O)cc1. The lowest BCUT2D eigenvalue weighted by Crippen LogP contribution is -2.40. The van der Waals surface area contributed by atoms with Gasteiger partial charge in [0.25, 0.3) is 11.1 Å². The predicted molar refractivity (Wildman–Crippen MR) is 132 cm³/mol. The monoisotopic (exact) mass is 564 g/mol. The smallest absolute Gasteiger partial charge is 0.339 e. The number of hydrogen-bond donors (Lipinski definition) is 0. The van der Waals surface area contributed by atoms with Crippen LogP contribution < -0.4 is 4.18 Å². The van der Waals surface area contributed by atoms with E-state index in [1.165, 1.54) is 24.3 Å². The minimum Gasteiger partial charge on any atom is -0.378 e. The Morgan fingerprint density at radius 2 is 1.79 bits per heavy atom. The molecule has 2 aliphatic heterocycles. The maximum absolute atomic E-state index is 12.9. The molecule has 2 saturated heterocycles. The Kier molecular flexibility index (Phi) is 7.15. The fourth-order valence-corrected chi connectivity index (χ4v) is 5.72. The molecule has 2 fully saturated rings. The molecule has 0 N–H and O–H groups in total. The van der Waals surface area contributed by atoms with Crippen molar-refractivity contribution >= 4 is 60.9 Å². The van der Waals surface area contributed by atoms with Crippen molar-refractivity contribution in [1.82, 2.24) is 9.80 Å². The van der Waals surface area contributed by atoms with Gasteiger partial charge in [-0.1, -0.05) is 33.6 Å². The number of carbonyl (C=O) groups excluding carboxylic acids is 3. The molecule has 11 heteroatoms. The van der Waals surface area contributed by atoms with Gasteiger partial charge in [-0.05, 0) is 67.9 Å². The molecule has 8 nitrogen and oxygen atoms in total. The number of thioether (sulfide) groups is 1. The van der Waals surface area contributed by atoms with Gasteiger partial charge in [-0.15, -0.1) is 0 Å². The Bertz CT molecular complexity index is 1290. The van der Waals surface area contributed by atoms with Crippen LogP contribution in [0, 0.1) is 6.92 Å². The second-order valence-electron chi connectivity index (χ2n) is 7.89. The van der Waals surface area contributed by atoms with Crippen LogP contribution in [-0.4, -0.2) is 54.9 Å². The van der Waals surface area contributed by atoms with Crippen molar-refractivity contribution in [3.8, 4) is 5.75 Å². The van der Waals surface area contributed by atoms with Gasteiger partial charge in [0.1, 0.15) is 17.2 Å². The number of aryl methyl sites for hydroxylation is 1. The van der Waals surface area contributed by atoms with Crippen molar-refractivity contribution < 1.29 is 27.0 Å². The van der Waals surface area contributed by atoms with Crippen LogP contribution in [0.1, 0.15) is 24.0 Å². The van der Waals surface area contributed by atoms with E-state index in [-0.39, 0.29) is 28.0 Å². The highest BCUT2D eigenvalue weighted by Gasteiger charge is 2.37. The maximum atomic E-state index is 12.9. The van der Waals surface area contributed by atoms with Gasteiger partial charge in [-0.25, -0.2) is 0 Å². The third kappa shape index (κ3) is 5.37. The molecule has 0 aliphatic carbocycles. The molecule has 0 atom stereocenters. The number of imide groups is 1. The van der Waals surface area contributed by atoms with Crippen molar-refractivity contribution in [2.24, 2.45) is 0 Å². The second-order valence-corrected chi connectivity index (χ2v) is 11.3. The van der Waals surface area contributed by atoms with Gasteiger partial charge in [-0.2, -0.15) is 8.42 Å². The van der Waals surface area contributed by atoms with Gasteiger partial charge in [0, 0.05) is 23.1 Å². The maximum Gasteiger partial charge on any atom is 0.339 e. The summed E-state index contributed by atoms with van der Waals surface area (Å²) in [6.45, 7) is 2.78. The van der Waals surface area contributed by atoms with Crippen LogP contribution in [0.15, 0.2) is 56.7 Å². The highest BCUT2D eigenvalue weighted by atomic mass is 79.9. The molecule has 178 valence electrons. The number of nitrogens with zero attached hydrogens (tertiary/aromatic N) is 2. The number of rotatable bonds is 6. The third-order valence-corrected chi connectivity index (χ3v) is 8.04. The first-order valence-electron chi connectivity index (χ1n) is 10.5. The van der Waals surface area contributed by atoms with Crippen molar-refractivity contribution in [3.63, 3.8) is 0 Å². The van der Waals surface area contributed by atoms with Gasteiger partial charge in [0.2, 0.25) is 5.91 Å². The summed E-state index contributed by atoms with van der Waals surface area (Å²) in [4.78, 5) is 40.4. The molecule has 0 saturated carbocycles. The topological polar surface area (TPSA) is 101 Å². The molecule has 4 rings (SSSR count). The quantitative estimate of drug-likeness (QED) is 0.383. The Hall–Kier alpha value is -2.63. The number of benzene rings is 2. The summed E-state index contributed by atoms with van der Waals surface area (Å²) in [6.07, 6.45) is 3.21. The van der Waals surface area contributed by atoms with E-state index in [1.54, 1.807) is 29.2 Å². The summed E-state index contributed by atoms with van der Waals surface area (Å²) in [5, 5.41) is -0.548. The van der Waals surface area contributed by atoms with Crippen LogP contribution in [0.25, 0.3) is 6.08 Å². The van der Waals surface area contributed by atoms with E-state index in [2.05, 4.69) is 15.9 Å². The van der Waals surface area contributed by atoms with Crippen molar-refractivity contribution in [2.45, 2.75) is 24.7 Å². The molecule has 2 aromatic carbocycles. The lowest BCUT2D eigenvalue weighted by molar-refractivity contribution is -0.135. The van der Waals surface area contributed by atoms with E-state index in [0.29, 0.717) is 34.9 Å². The lowest BCUT2D eigenvalue weighted by Gasteiger charge is -2.18. The standard InChI is InChI=1S/C23H21BrN2O6S2/c1-15-4-7-18(8-5-15)34(30,31)32-19-9-6-17(24)12-16(19)13-20-22(28)26(23(29)33-20)14-21(27)25-10-2-3-11-25/h4-9,12-13H,2-3,10-11,14H2,1H3/b20-13-. The molecule has 0 radical (unpaired) electrons. The Balaban J connectivity index is 1.58. The first-order chi connectivity index (χ1) is 16.1. The normalized spacial score (nSPS) is 17.6. The van der Waals surface area contributed by atoms with E-state index < -0.39 is 21.3 Å². The van der Waals surface area contributed by atoms with Gasteiger partial charge >= 0.3 is 10.1 Å². The van der Waals surface area contributed by atoms with Gasteiger partial charge in [-0.3, -0.25) is 19.3 Å². The van der Waals surface area contributed by atoms with E-state index in [4.69, 9.17) is 4.18 Å². The number of hydrogen-bond acceptors (Lipinski definition) is 7. The molecule has 0 spiro atoms. The molecule has 0 bridgehead atoms. The zero-order valence-corrected chi connectivity index (χ0v) is 21.4. The largest absolute Gasteiger partial charge is 0.378 e. The van der Waals surface area contributed by atoms with E-state index in [0.717, 1.165) is 23.3 Å². The molecule has 2 aliphatic rings.